The van der Waals surface area contributed by atoms with Crippen molar-refractivity contribution < 1.29 is 14.7 Å². The Hall–Kier alpha value is -0.960. The van der Waals surface area contributed by atoms with Gasteiger partial charge in [-0.3, -0.25) is 4.79 Å². The average molecular weight is 330 g/mol. The number of carbonyl (C=O) groups is 2. The summed E-state index contributed by atoms with van der Waals surface area (Å²) in [5.41, 5.74) is 1.04. The second-order valence-electron chi connectivity index (χ2n) is 9.37. The molecule has 3 fully saturated rings. The van der Waals surface area contributed by atoms with Gasteiger partial charge >= 0.3 is 0 Å². The molecule has 4 aliphatic carbocycles. The van der Waals surface area contributed by atoms with Gasteiger partial charge in [-0.05, 0) is 87.5 Å². The molecular weight excluding hydrogens is 300 g/mol. The molecule has 0 unspecified atom stereocenters. The number of hydrogen-bond donors (Lipinski definition) is 1. The number of Topliss-reactive ketones (excluding diaryl/α,β-unsaturated/α-hetero) is 1. The van der Waals surface area contributed by atoms with Crippen LogP contribution < -0.4 is 0 Å². The van der Waals surface area contributed by atoms with Gasteiger partial charge < -0.3 is 9.90 Å². The summed E-state index contributed by atoms with van der Waals surface area (Å²) >= 11 is 0. The highest BCUT2D eigenvalue weighted by atomic mass is 16.3. The smallest absolute Gasteiger partial charge is 0.158 e. The van der Waals surface area contributed by atoms with E-state index in [0.717, 1.165) is 49.7 Å². The molecule has 0 aliphatic heterocycles. The molecule has 3 saturated carbocycles. The van der Waals surface area contributed by atoms with Crippen LogP contribution in [0, 0.1) is 28.6 Å². The Morgan fingerprint density at radius 2 is 1.75 bits per heavy atom. The summed E-state index contributed by atoms with van der Waals surface area (Å²) in [6, 6.07) is 0. The molecule has 3 nitrogen and oxygen atoms in total. The van der Waals surface area contributed by atoms with Gasteiger partial charge in [-0.15, -0.1) is 0 Å². The van der Waals surface area contributed by atoms with E-state index in [2.05, 4.69) is 6.92 Å². The van der Waals surface area contributed by atoms with Crippen LogP contribution in [0.1, 0.15) is 72.1 Å². The lowest BCUT2D eigenvalue weighted by molar-refractivity contribution is -0.138. The number of fused-ring (bicyclic) bond motifs is 5. The van der Waals surface area contributed by atoms with Gasteiger partial charge in [-0.1, -0.05) is 12.5 Å². The summed E-state index contributed by atoms with van der Waals surface area (Å²) < 4.78 is 0. The Balaban J connectivity index is 1.76. The summed E-state index contributed by atoms with van der Waals surface area (Å²) in [6.07, 6.45) is 8.38. The molecule has 0 amide bonds. The molecular formula is C21H30O3. The predicted molar refractivity (Wildman–Crippen MR) is 92.3 cm³/mol. The standard InChI is InChI=1S/C21H30O3/c1-13-15-5-4-14-16-7-10-20(3,24)19(16,2)9-6-17(14)21(15,12-22)11-8-18(13)23/h12,14,16-17,24H,4-11H2,1-3H3/t14-,16-,17-,19-,20-,21+/m0/s1. The lowest BCUT2D eigenvalue weighted by Crippen LogP contribution is -2.55. The third-order valence-electron chi connectivity index (χ3n) is 8.80. The molecule has 0 bridgehead atoms. The van der Waals surface area contributed by atoms with Crippen LogP contribution in [-0.2, 0) is 9.59 Å². The van der Waals surface area contributed by atoms with E-state index in [4.69, 9.17) is 0 Å². The van der Waals surface area contributed by atoms with Crippen molar-refractivity contribution in [2.24, 2.45) is 28.6 Å². The van der Waals surface area contributed by atoms with Gasteiger partial charge in [0.2, 0.25) is 0 Å². The van der Waals surface area contributed by atoms with Crippen molar-refractivity contribution >= 4 is 12.1 Å². The third-order valence-corrected chi connectivity index (χ3v) is 8.80. The van der Waals surface area contributed by atoms with Gasteiger partial charge in [-0.2, -0.15) is 0 Å². The highest BCUT2D eigenvalue weighted by molar-refractivity contribution is 5.98. The molecule has 4 rings (SSSR count). The first-order valence-corrected chi connectivity index (χ1v) is 9.69. The van der Waals surface area contributed by atoms with Crippen LogP contribution in [-0.4, -0.2) is 22.8 Å². The fraction of sp³-hybridized carbons (Fsp3) is 0.810. The van der Waals surface area contributed by atoms with Crippen molar-refractivity contribution in [3.05, 3.63) is 11.1 Å². The van der Waals surface area contributed by atoms with Crippen LogP contribution in [0.25, 0.3) is 0 Å². The van der Waals surface area contributed by atoms with Gasteiger partial charge in [0.25, 0.3) is 0 Å². The van der Waals surface area contributed by atoms with E-state index in [1.165, 1.54) is 6.29 Å². The highest BCUT2D eigenvalue weighted by Crippen LogP contribution is 2.67. The molecule has 0 aromatic carbocycles. The molecule has 0 aromatic heterocycles. The monoisotopic (exact) mass is 330 g/mol. The summed E-state index contributed by atoms with van der Waals surface area (Å²) in [5, 5.41) is 10.9. The van der Waals surface area contributed by atoms with E-state index in [1.54, 1.807) is 0 Å². The van der Waals surface area contributed by atoms with E-state index in [1.807, 2.05) is 13.8 Å². The molecule has 1 N–H and O–H groups in total. The Bertz CT molecular complexity index is 631. The van der Waals surface area contributed by atoms with Gasteiger partial charge in [0, 0.05) is 6.42 Å². The Kier molecular flexibility index (Phi) is 3.46. The maximum atomic E-state index is 12.3. The topological polar surface area (TPSA) is 54.4 Å². The van der Waals surface area contributed by atoms with Gasteiger partial charge in [0.15, 0.2) is 5.78 Å². The molecule has 0 aromatic rings. The Morgan fingerprint density at radius 1 is 1.04 bits per heavy atom. The number of hydrogen-bond acceptors (Lipinski definition) is 3. The SMILES string of the molecule is CC1=C2CC[C@@H]3[C@H](CC[C@@]4(C)[C@H]3CC[C@]4(C)O)[C@@]2(C=O)CCC1=O. The number of rotatable bonds is 1. The zero-order valence-corrected chi connectivity index (χ0v) is 15.2. The summed E-state index contributed by atoms with van der Waals surface area (Å²) in [5.74, 6) is 1.65. The van der Waals surface area contributed by atoms with Gasteiger partial charge in [0.1, 0.15) is 6.29 Å². The third kappa shape index (κ3) is 1.83. The van der Waals surface area contributed by atoms with E-state index < -0.39 is 11.0 Å². The van der Waals surface area contributed by atoms with Crippen LogP contribution in [0.5, 0.6) is 0 Å². The number of aldehydes is 1. The molecule has 132 valence electrons. The summed E-state index contributed by atoms with van der Waals surface area (Å²) in [4.78, 5) is 24.5. The molecule has 24 heavy (non-hydrogen) atoms. The first-order chi connectivity index (χ1) is 11.3. The molecule has 3 heteroatoms. The van der Waals surface area contributed by atoms with Crippen molar-refractivity contribution in [2.75, 3.05) is 0 Å². The zero-order valence-electron chi connectivity index (χ0n) is 15.2. The van der Waals surface area contributed by atoms with E-state index in [-0.39, 0.29) is 11.2 Å². The van der Waals surface area contributed by atoms with Crippen LogP contribution >= 0.6 is 0 Å². The number of carbonyl (C=O) groups excluding carboxylic acids is 2. The van der Waals surface area contributed by atoms with Crippen LogP contribution in [0.2, 0.25) is 0 Å². The van der Waals surface area contributed by atoms with E-state index >= 15 is 0 Å². The van der Waals surface area contributed by atoms with Crippen LogP contribution in [0.4, 0.5) is 0 Å². The van der Waals surface area contributed by atoms with E-state index in [0.29, 0.717) is 30.6 Å². The highest BCUT2D eigenvalue weighted by Gasteiger charge is 2.63. The van der Waals surface area contributed by atoms with Crippen LogP contribution in [0.3, 0.4) is 0 Å². The fourth-order valence-electron chi connectivity index (χ4n) is 7.11. The maximum absolute atomic E-state index is 12.3. The Labute approximate surface area is 144 Å². The lowest BCUT2D eigenvalue weighted by atomic mass is 9.46. The minimum atomic E-state index is -0.578. The lowest BCUT2D eigenvalue weighted by Gasteiger charge is -2.58. The summed E-state index contributed by atoms with van der Waals surface area (Å²) in [6.45, 7) is 6.22. The average Bonchev–Trinajstić information content (AvgIpc) is 2.80. The van der Waals surface area contributed by atoms with Crippen molar-refractivity contribution in [3.63, 3.8) is 0 Å². The van der Waals surface area contributed by atoms with Gasteiger partial charge in [0.05, 0.1) is 11.0 Å². The zero-order chi connectivity index (χ0) is 17.3. The van der Waals surface area contributed by atoms with E-state index in [9.17, 15) is 14.7 Å². The molecule has 0 radical (unpaired) electrons. The minimum Gasteiger partial charge on any atom is -0.390 e. The quantitative estimate of drug-likeness (QED) is 0.743. The van der Waals surface area contributed by atoms with Crippen molar-refractivity contribution in [2.45, 2.75) is 77.7 Å². The normalized spacial score (nSPS) is 51.0. The van der Waals surface area contributed by atoms with Crippen molar-refractivity contribution in [1.29, 1.82) is 0 Å². The van der Waals surface area contributed by atoms with Crippen molar-refractivity contribution in [3.8, 4) is 0 Å². The molecule has 4 aliphatic rings. The number of aliphatic hydroxyl groups is 1. The van der Waals surface area contributed by atoms with Crippen LogP contribution in [0.15, 0.2) is 11.1 Å². The second kappa shape index (κ2) is 5.03. The second-order valence-corrected chi connectivity index (χ2v) is 9.37. The predicted octanol–water partition coefficient (Wildman–Crippen LogP) is 3.84. The first-order valence-electron chi connectivity index (χ1n) is 9.69. The fourth-order valence-corrected chi connectivity index (χ4v) is 7.11. The maximum Gasteiger partial charge on any atom is 0.158 e. The van der Waals surface area contributed by atoms with Gasteiger partial charge in [-0.25, -0.2) is 0 Å². The summed E-state index contributed by atoms with van der Waals surface area (Å²) in [7, 11) is 0. The molecule has 0 saturated heterocycles. The first kappa shape index (κ1) is 16.5. The Morgan fingerprint density at radius 3 is 2.46 bits per heavy atom. The molecule has 0 spiro atoms. The number of ketones is 1. The largest absolute Gasteiger partial charge is 0.390 e. The number of allylic oxidation sites excluding steroid dienone is 1. The van der Waals surface area contributed by atoms with Crippen molar-refractivity contribution in [1.82, 2.24) is 0 Å². The molecule has 6 atom stereocenters. The molecule has 0 heterocycles. The minimum absolute atomic E-state index is 0.0149.